The van der Waals surface area contributed by atoms with Crippen LogP contribution >= 0.6 is 0 Å². The van der Waals surface area contributed by atoms with E-state index in [0.717, 1.165) is 0 Å². The second-order valence-corrected chi connectivity index (χ2v) is 4.62. The van der Waals surface area contributed by atoms with E-state index in [2.05, 4.69) is 5.32 Å². The first-order chi connectivity index (χ1) is 10.1. The molecule has 1 rings (SSSR count). The number of rotatable bonds is 8. The van der Waals surface area contributed by atoms with Gasteiger partial charge in [0.2, 0.25) is 5.91 Å². The van der Waals surface area contributed by atoms with Crippen LogP contribution in [0.25, 0.3) is 0 Å². The van der Waals surface area contributed by atoms with Crippen molar-refractivity contribution in [3.05, 3.63) is 35.9 Å². The third-order valence-corrected chi connectivity index (χ3v) is 3.24. The molecule has 0 heterocycles. The van der Waals surface area contributed by atoms with Gasteiger partial charge in [-0.3, -0.25) is 9.59 Å². The number of ether oxygens (including phenoxy) is 1. The minimum atomic E-state index is -1.21. The van der Waals surface area contributed by atoms with E-state index in [0.29, 0.717) is 5.56 Å². The molecule has 116 valence electrons. The fourth-order valence-electron chi connectivity index (χ4n) is 2.12. The SMILES string of the molecule is CCOC(=O)C(CN)(CC(=O)NCCO)c1ccccc1. The lowest BCUT2D eigenvalue weighted by Gasteiger charge is -2.30. The van der Waals surface area contributed by atoms with Gasteiger partial charge in [0, 0.05) is 19.5 Å². The third-order valence-electron chi connectivity index (χ3n) is 3.24. The number of nitrogens with two attached hydrogens (primary N) is 1. The molecule has 1 unspecified atom stereocenters. The van der Waals surface area contributed by atoms with E-state index in [1.807, 2.05) is 6.07 Å². The molecule has 0 aliphatic carbocycles. The van der Waals surface area contributed by atoms with Crippen molar-refractivity contribution in [3.8, 4) is 0 Å². The molecule has 6 nitrogen and oxygen atoms in total. The lowest BCUT2D eigenvalue weighted by molar-refractivity contribution is -0.151. The number of esters is 1. The van der Waals surface area contributed by atoms with Crippen LogP contribution in [0.5, 0.6) is 0 Å². The van der Waals surface area contributed by atoms with Crippen molar-refractivity contribution < 1.29 is 19.4 Å². The maximum Gasteiger partial charge on any atom is 0.318 e. The topological polar surface area (TPSA) is 102 Å². The van der Waals surface area contributed by atoms with Crippen LogP contribution in [-0.4, -0.2) is 43.3 Å². The second-order valence-electron chi connectivity index (χ2n) is 4.62. The monoisotopic (exact) mass is 294 g/mol. The van der Waals surface area contributed by atoms with Crippen molar-refractivity contribution in [3.63, 3.8) is 0 Å². The maximum atomic E-state index is 12.4. The highest BCUT2D eigenvalue weighted by Gasteiger charge is 2.42. The van der Waals surface area contributed by atoms with Crippen LogP contribution in [0.15, 0.2) is 30.3 Å². The first-order valence-corrected chi connectivity index (χ1v) is 6.91. The second kappa shape index (κ2) is 8.39. The largest absolute Gasteiger partial charge is 0.465 e. The summed E-state index contributed by atoms with van der Waals surface area (Å²) in [5.41, 5.74) is 5.25. The lowest BCUT2D eigenvalue weighted by Crippen LogP contribution is -2.48. The van der Waals surface area contributed by atoms with E-state index < -0.39 is 11.4 Å². The van der Waals surface area contributed by atoms with Gasteiger partial charge in [-0.25, -0.2) is 0 Å². The zero-order valence-corrected chi connectivity index (χ0v) is 12.2. The van der Waals surface area contributed by atoms with Crippen molar-refractivity contribution in [1.29, 1.82) is 0 Å². The van der Waals surface area contributed by atoms with Gasteiger partial charge in [0.05, 0.1) is 13.2 Å². The Morgan fingerprint density at radius 1 is 1.33 bits per heavy atom. The van der Waals surface area contributed by atoms with Crippen LogP contribution in [0.4, 0.5) is 0 Å². The number of aliphatic hydroxyl groups is 1. The molecular weight excluding hydrogens is 272 g/mol. The number of hydrogen-bond donors (Lipinski definition) is 3. The molecule has 1 atom stereocenters. The molecule has 6 heteroatoms. The number of benzene rings is 1. The van der Waals surface area contributed by atoms with Crippen LogP contribution in [-0.2, 0) is 19.7 Å². The number of aliphatic hydroxyl groups excluding tert-OH is 1. The van der Waals surface area contributed by atoms with E-state index in [4.69, 9.17) is 15.6 Å². The van der Waals surface area contributed by atoms with Gasteiger partial charge >= 0.3 is 5.97 Å². The first-order valence-electron chi connectivity index (χ1n) is 6.91. The Morgan fingerprint density at radius 3 is 2.52 bits per heavy atom. The Balaban J connectivity index is 3.08. The molecule has 0 saturated heterocycles. The van der Waals surface area contributed by atoms with Crippen LogP contribution in [0.2, 0.25) is 0 Å². The molecule has 0 aliphatic heterocycles. The van der Waals surface area contributed by atoms with Gasteiger partial charge in [0.25, 0.3) is 0 Å². The third kappa shape index (κ3) is 4.27. The van der Waals surface area contributed by atoms with Gasteiger partial charge in [-0.15, -0.1) is 0 Å². The van der Waals surface area contributed by atoms with Crippen LogP contribution in [0, 0.1) is 0 Å². The standard InChI is InChI=1S/C15H22N2O4/c1-2-21-14(20)15(11-16,10-13(19)17-8-9-18)12-6-4-3-5-7-12/h3-7,18H,2,8-11,16H2,1H3,(H,17,19). The summed E-state index contributed by atoms with van der Waals surface area (Å²) in [4.78, 5) is 24.3. The smallest absolute Gasteiger partial charge is 0.318 e. The first kappa shape index (κ1) is 17.1. The van der Waals surface area contributed by atoms with Gasteiger partial charge in [-0.2, -0.15) is 0 Å². The van der Waals surface area contributed by atoms with E-state index in [-0.39, 0.29) is 38.6 Å². The average molecular weight is 294 g/mol. The normalized spacial score (nSPS) is 13.3. The highest BCUT2D eigenvalue weighted by atomic mass is 16.5. The average Bonchev–Trinajstić information content (AvgIpc) is 2.51. The molecule has 0 spiro atoms. The quantitative estimate of drug-likeness (QED) is 0.583. The molecule has 0 saturated carbocycles. The zero-order valence-electron chi connectivity index (χ0n) is 12.2. The molecular formula is C15H22N2O4. The van der Waals surface area contributed by atoms with Crippen molar-refractivity contribution >= 4 is 11.9 Å². The highest BCUT2D eigenvalue weighted by Crippen LogP contribution is 2.29. The summed E-state index contributed by atoms with van der Waals surface area (Å²) < 4.78 is 5.11. The molecule has 4 N–H and O–H groups in total. The number of amides is 1. The summed E-state index contributed by atoms with van der Waals surface area (Å²) in [7, 11) is 0. The fraction of sp³-hybridized carbons (Fsp3) is 0.467. The predicted octanol–water partition coefficient (Wildman–Crippen LogP) is -0.0552. The number of carbonyl (C=O) groups excluding carboxylic acids is 2. The summed E-state index contributed by atoms with van der Waals surface area (Å²) in [5, 5.41) is 11.3. The Kier molecular flexibility index (Phi) is 6.84. The van der Waals surface area contributed by atoms with Crippen molar-refractivity contribution in [1.82, 2.24) is 5.32 Å². The van der Waals surface area contributed by atoms with Crippen LogP contribution < -0.4 is 11.1 Å². The van der Waals surface area contributed by atoms with E-state index in [9.17, 15) is 9.59 Å². The Hall–Kier alpha value is -1.92. The summed E-state index contributed by atoms with van der Waals surface area (Å²) in [6.45, 7) is 1.85. The van der Waals surface area contributed by atoms with E-state index in [1.54, 1.807) is 31.2 Å². The highest BCUT2D eigenvalue weighted by molar-refractivity contribution is 5.90. The Labute approximate surface area is 124 Å². The van der Waals surface area contributed by atoms with Gasteiger partial charge in [0.1, 0.15) is 5.41 Å². The summed E-state index contributed by atoms with van der Waals surface area (Å²) in [6.07, 6.45) is -0.119. The predicted molar refractivity (Wildman–Crippen MR) is 78.5 cm³/mol. The molecule has 0 radical (unpaired) electrons. The Bertz CT molecular complexity index is 464. The molecule has 21 heavy (non-hydrogen) atoms. The Morgan fingerprint density at radius 2 is 2.00 bits per heavy atom. The molecule has 0 aliphatic rings. The maximum absolute atomic E-state index is 12.4. The van der Waals surface area contributed by atoms with Crippen LogP contribution in [0.3, 0.4) is 0 Å². The molecule has 1 amide bonds. The number of hydrogen-bond acceptors (Lipinski definition) is 5. The van der Waals surface area contributed by atoms with E-state index in [1.165, 1.54) is 0 Å². The van der Waals surface area contributed by atoms with Gasteiger partial charge < -0.3 is 20.9 Å². The molecule has 0 aromatic heterocycles. The molecule has 1 aromatic carbocycles. The van der Waals surface area contributed by atoms with Gasteiger partial charge in [-0.05, 0) is 12.5 Å². The number of carbonyl (C=O) groups is 2. The van der Waals surface area contributed by atoms with Crippen molar-refractivity contribution in [2.75, 3.05) is 26.3 Å². The van der Waals surface area contributed by atoms with Gasteiger partial charge in [-0.1, -0.05) is 30.3 Å². The van der Waals surface area contributed by atoms with Crippen LogP contribution in [0.1, 0.15) is 18.9 Å². The van der Waals surface area contributed by atoms with Gasteiger partial charge in [0.15, 0.2) is 0 Å². The van der Waals surface area contributed by atoms with E-state index >= 15 is 0 Å². The minimum absolute atomic E-state index is 0.0393. The molecule has 0 bridgehead atoms. The number of nitrogens with one attached hydrogen (secondary N) is 1. The summed E-state index contributed by atoms with van der Waals surface area (Å²) in [6, 6.07) is 8.89. The lowest BCUT2D eigenvalue weighted by atomic mass is 9.77. The van der Waals surface area contributed by atoms with Crippen molar-refractivity contribution in [2.45, 2.75) is 18.8 Å². The molecule has 0 fully saturated rings. The summed E-state index contributed by atoms with van der Waals surface area (Å²) >= 11 is 0. The van der Waals surface area contributed by atoms with Crippen molar-refractivity contribution in [2.24, 2.45) is 5.73 Å². The zero-order chi connectivity index (χ0) is 15.7. The summed E-state index contributed by atoms with van der Waals surface area (Å²) in [5.74, 6) is -0.871. The molecule has 1 aromatic rings. The minimum Gasteiger partial charge on any atom is -0.465 e. The fourth-order valence-corrected chi connectivity index (χ4v) is 2.12.